The molecule has 1 atom stereocenters. The second-order valence-electron chi connectivity index (χ2n) is 7.42. The van der Waals surface area contributed by atoms with Gasteiger partial charge in [-0.15, -0.1) is 11.8 Å². The van der Waals surface area contributed by atoms with Crippen LogP contribution in [0.5, 0.6) is 0 Å². The molecule has 29 heavy (non-hydrogen) atoms. The zero-order valence-electron chi connectivity index (χ0n) is 16.6. The van der Waals surface area contributed by atoms with E-state index in [1.54, 1.807) is 24.0 Å². The van der Waals surface area contributed by atoms with Gasteiger partial charge >= 0.3 is 0 Å². The van der Waals surface area contributed by atoms with E-state index in [0.29, 0.717) is 0 Å². The van der Waals surface area contributed by atoms with Crippen molar-refractivity contribution in [1.29, 1.82) is 0 Å². The lowest BCUT2D eigenvalue weighted by atomic mass is 10.1. The van der Waals surface area contributed by atoms with Gasteiger partial charge in [0.15, 0.2) is 0 Å². The fraction of sp³-hybridized carbons (Fsp3) is 0.391. The fourth-order valence-electron chi connectivity index (χ4n) is 3.51. The summed E-state index contributed by atoms with van der Waals surface area (Å²) >= 11 is 1.45. The average molecular weight is 415 g/mol. The van der Waals surface area contributed by atoms with Crippen LogP contribution in [-0.4, -0.2) is 34.6 Å². The van der Waals surface area contributed by atoms with E-state index >= 15 is 0 Å². The van der Waals surface area contributed by atoms with Gasteiger partial charge in [-0.3, -0.25) is 9.59 Å². The molecule has 154 valence electrons. The number of halogens is 1. The van der Waals surface area contributed by atoms with Crippen LogP contribution in [-0.2, 0) is 16.1 Å². The number of thioether (sulfide) groups is 1. The third-order valence-electron chi connectivity index (χ3n) is 5.24. The van der Waals surface area contributed by atoms with Crippen LogP contribution in [0.4, 0.5) is 4.39 Å². The smallest absolute Gasteiger partial charge is 0.242 e. The van der Waals surface area contributed by atoms with Crippen molar-refractivity contribution in [2.75, 3.05) is 5.75 Å². The van der Waals surface area contributed by atoms with Gasteiger partial charge in [0.05, 0.1) is 5.75 Å². The highest BCUT2D eigenvalue weighted by molar-refractivity contribution is 8.00. The third kappa shape index (κ3) is 6.32. The van der Waals surface area contributed by atoms with Crippen molar-refractivity contribution < 1.29 is 14.0 Å². The topological polar surface area (TPSA) is 49.4 Å². The summed E-state index contributed by atoms with van der Waals surface area (Å²) in [7, 11) is 0. The maximum absolute atomic E-state index is 13.3. The minimum atomic E-state index is -0.593. The highest BCUT2D eigenvalue weighted by Crippen LogP contribution is 2.21. The van der Waals surface area contributed by atoms with Gasteiger partial charge < -0.3 is 10.2 Å². The summed E-state index contributed by atoms with van der Waals surface area (Å²) in [6, 6.07) is 15.4. The van der Waals surface area contributed by atoms with Gasteiger partial charge in [0, 0.05) is 17.5 Å². The molecule has 0 aromatic heterocycles. The largest absolute Gasteiger partial charge is 0.352 e. The summed E-state index contributed by atoms with van der Waals surface area (Å²) in [6.07, 6.45) is 4.25. The molecule has 1 saturated carbocycles. The third-order valence-corrected chi connectivity index (χ3v) is 6.24. The van der Waals surface area contributed by atoms with Gasteiger partial charge in [-0.25, -0.2) is 4.39 Å². The molecular weight excluding hydrogens is 387 g/mol. The molecule has 0 radical (unpaired) electrons. The Morgan fingerprint density at radius 1 is 1.10 bits per heavy atom. The molecule has 1 aliphatic carbocycles. The van der Waals surface area contributed by atoms with Crippen molar-refractivity contribution in [3.05, 3.63) is 66.0 Å². The van der Waals surface area contributed by atoms with Crippen LogP contribution in [0.25, 0.3) is 0 Å². The first-order chi connectivity index (χ1) is 14.0. The summed E-state index contributed by atoms with van der Waals surface area (Å²) in [5.41, 5.74) is 0.796. The quantitative estimate of drug-likeness (QED) is 0.652. The SMILES string of the molecule is C[C@@H](C(=O)NC1CCCC1)N(Cc1ccc(F)cc1)C(=O)CSc1ccccc1. The lowest BCUT2D eigenvalue weighted by Crippen LogP contribution is -2.50. The van der Waals surface area contributed by atoms with E-state index in [1.165, 1.54) is 23.9 Å². The average Bonchev–Trinajstić information content (AvgIpc) is 3.25. The van der Waals surface area contributed by atoms with Crippen molar-refractivity contribution in [2.24, 2.45) is 0 Å². The number of carbonyl (C=O) groups excluding carboxylic acids is 2. The Hall–Kier alpha value is -2.34. The molecule has 6 heteroatoms. The predicted molar refractivity (Wildman–Crippen MR) is 114 cm³/mol. The molecule has 1 N–H and O–H groups in total. The van der Waals surface area contributed by atoms with Crippen LogP contribution >= 0.6 is 11.8 Å². The first-order valence-electron chi connectivity index (χ1n) is 10.0. The highest BCUT2D eigenvalue weighted by Gasteiger charge is 2.28. The number of rotatable bonds is 8. The summed E-state index contributed by atoms with van der Waals surface area (Å²) in [6.45, 7) is 2.03. The van der Waals surface area contributed by atoms with Crippen LogP contribution in [0.15, 0.2) is 59.5 Å². The molecule has 4 nitrogen and oxygen atoms in total. The molecule has 0 aliphatic heterocycles. The van der Waals surface area contributed by atoms with Gasteiger partial charge in [0.25, 0.3) is 0 Å². The zero-order valence-corrected chi connectivity index (χ0v) is 17.5. The molecule has 3 rings (SSSR count). The van der Waals surface area contributed by atoms with E-state index in [2.05, 4.69) is 5.32 Å². The Morgan fingerprint density at radius 2 is 1.76 bits per heavy atom. The van der Waals surface area contributed by atoms with Crippen molar-refractivity contribution in [1.82, 2.24) is 10.2 Å². The number of nitrogens with zero attached hydrogens (tertiary/aromatic N) is 1. The number of nitrogens with one attached hydrogen (secondary N) is 1. The molecule has 0 bridgehead atoms. The van der Waals surface area contributed by atoms with E-state index in [0.717, 1.165) is 36.1 Å². The molecule has 0 heterocycles. The number of hydrogen-bond acceptors (Lipinski definition) is 3. The van der Waals surface area contributed by atoms with E-state index in [4.69, 9.17) is 0 Å². The minimum absolute atomic E-state index is 0.114. The summed E-state index contributed by atoms with van der Waals surface area (Å²) in [4.78, 5) is 28.4. The van der Waals surface area contributed by atoms with Crippen LogP contribution in [0.1, 0.15) is 38.2 Å². The van der Waals surface area contributed by atoms with Gasteiger partial charge in [0.2, 0.25) is 11.8 Å². The molecule has 1 fully saturated rings. The maximum Gasteiger partial charge on any atom is 0.242 e. The van der Waals surface area contributed by atoms with Crippen LogP contribution in [0, 0.1) is 5.82 Å². The molecule has 0 spiro atoms. The Bertz CT molecular complexity index is 807. The van der Waals surface area contributed by atoms with Gasteiger partial charge in [-0.2, -0.15) is 0 Å². The monoisotopic (exact) mass is 414 g/mol. The minimum Gasteiger partial charge on any atom is -0.352 e. The molecule has 2 aromatic carbocycles. The van der Waals surface area contributed by atoms with Crippen molar-refractivity contribution in [2.45, 2.75) is 56.1 Å². The number of hydrogen-bond donors (Lipinski definition) is 1. The normalized spacial score (nSPS) is 15.1. The first kappa shape index (κ1) is 21.4. The standard InChI is InChI=1S/C23H27FN2O2S/c1-17(23(28)25-20-7-5-6-8-20)26(15-18-11-13-19(24)14-12-18)22(27)16-29-21-9-3-2-4-10-21/h2-4,9-14,17,20H,5-8,15-16H2,1H3,(H,25,28)/t17-/m0/s1. The fourth-order valence-corrected chi connectivity index (χ4v) is 4.31. The van der Waals surface area contributed by atoms with E-state index in [1.807, 2.05) is 30.3 Å². The predicted octanol–water partition coefficient (Wildman–Crippen LogP) is 4.39. The molecule has 1 aliphatic rings. The maximum atomic E-state index is 13.3. The molecule has 0 saturated heterocycles. The summed E-state index contributed by atoms with van der Waals surface area (Å²) in [5, 5.41) is 3.08. The number of carbonyl (C=O) groups is 2. The van der Waals surface area contributed by atoms with E-state index < -0.39 is 6.04 Å². The molecular formula is C23H27FN2O2S. The van der Waals surface area contributed by atoms with Crippen molar-refractivity contribution in [3.63, 3.8) is 0 Å². The Labute approximate surface area is 175 Å². The Morgan fingerprint density at radius 3 is 2.41 bits per heavy atom. The zero-order chi connectivity index (χ0) is 20.6. The van der Waals surface area contributed by atoms with Crippen LogP contribution in [0.3, 0.4) is 0 Å². The van der Waals surface area contributed by atoms with Gasteiger partial charge in [-0.05, 0) is 49.6 Å². The number of amides is 2. The van der Waals surface area contributed by atoms with Crippen LogP contribution in [0.2, 0.25) is 0 Å². The molecule has 2 amide bonds. The molecule has 0 unspecified atom stereocenters. The van der Waals surface area contributed by atoms with Crippen molar-refractivity contribution in [3.8, 4) is 0 Å². The van der Waals surface area contributed by atoms with Gasteiger partial charge in [-0.1, -0.05) is 43.2 Å². The highest BCUT2D eigenvalue weighted by atomic mass is 32.2. The second-order valence-corrected chi connectivity index (χ2v) is 8.46. The molecule has 2 aromatic rings. The number of benzene rings is 2. The summed E-state index contributed by atoms with van der Waals surface area (Å²) in [5.74, 6) is -0.320. The van der Waals surface area contributed by atoms with Crippen LogP contribution < -0.4 is 5.32 Å². The van der Waals surface area contributed by atoms with Crippen molar-refractivity contribution >= 4 is 23.6 Å². The lowest BCUT2D eigenvalue weighted by molar-refractivity contribution is -0.138. The van der Waals surface area contributed by atoms with Gasteiger partial charge in [0.1, 0.15) is 11.9 Å². The first-order valence-corrected chi connectivity index (χ1v) is 11.0. The Balaban J connectivity index is 1.69. The second kappa shape index (κ2) is 10.4. The summed E-state index contributed by atoms with van der Waals surface area (Å²) < 4.78 is 13.3. The van der Waals surface area contributed by atoms with E-state index in [9.17, 15) is 14.0 Å². The lowest BCUT2D eigenvalue weighted by Gasteiger charge is -2.29. The Kier molecular flexibility index (Phi) is 7.69. The van der Waals surface area contributed by atoms with E-state index in [-0.39, 0.29) is 36.0 Å².